The molecule has 8 heteroatoms. The molecular weight excluding hydrogens is 236 g/mol. The van der Waals surface area contributed by atoms with Crippen molar-refractivity contribution >= 4 is 11.9 Å². The van der Waals surface area contributed by atoms with Crippen molar-refractivity contribution in [2.75, 3.05) is 11.9 Å². The first-order chi connectivity index (χ1) is 8.66. The molecule has 18 heavy (non-hydrogen) atoms. The lowest BCUT2D eigenvalue weighted by Crippen LogP contribution is -2.12. The quantitative estimate of drug-likeness (QED) is 0.764. The van der Waals surface area contributed by atoms with Gasteiger partial charge in [0.15, 0.2) is 5.69 Å². The smallest absolute Gasteiger partial charge is 0.354 e. The maximum atomic E-state index is 10.7. The second-order valence-electron chi connectivity index (χ2n) is 3.61. The van der Waals surface area contributed by atoms with E-state index in [2.05, 4.69) is 25.5 Å². The Kier molecular flexibility index (Phi) is 3.46. The maximum Gasteiger partial charge on any atom is 0.354 e. The van der Waals surface area contributed by atoms with Gasteiger partial charge in [0.25, 0.3) is 0 Å². The number of rotatable bonds is 5. The predicted molar refractivity (Wildman–Crippen MR) is 62.2 cm³/mol. The lowest BCUT2D eigenvalue weighted by molar-refractivity contribution is 0.0690. The third kappa shape index (κ3) is 2.78. The van der Waals surface area contributed by atoms with Crippen LogP contribution >= 0.6 is 0 Å². The van der Waals surface area contributed by atoms with Crippen LogP contribution < -0.4 is 5.32 Å². The van der Waals surface area contributed by atoms with E-state index in [0.717, 1.165) is 5.82 Å². The van der Waals surface area contributed by atoms with Crippen LogP contribution in [-0.4, -0.2) is 42.4 Å². The van der Waals surface area contributed by atoms with Crippen LogP contribution in [0.15, 0.2) is 18.6 Å². The summed E-state index contributed by atoms with van der Waals surface area (Å²) >= 11 is 0. The summed E-state index contributed by atoms with van der Waals surface area (Å²) in [6.07, 6.45) is 3.68. The van der Waals surface area contributed by atoms with Crippen LogP contribution in [0, 0.1) is 0 Å². The van der Waals surface area contributed by atoms with Crippen molar-refractivity contribution in [2.24, 2.45) is 7.05 Å². The fourth-order valence-electron chi connectivity index (χ4n) is 1.38. The molecule has 0 unspecified atom stereocenters. The first-order valence-corrected chi connectivity index (χ1v) is 5.30. The molecule has 2 heterocycles. The van der Waals surface area contributed by atoms with Crippen LogP contribution in [-0.2, 0) is 13.5 Å². The first-order valence-electron chi connectivity index (χ1n) is 5.30. The first kappa shape index (κ1) is 12.0. The second kappa shape index (κ2) is 5.21. The van der Waals surface area contributed by atoms with Gasteiger partial charge in [-0.25, -0.2) is 14.8 Å². The fraction of sp³-hybridized carbons (Fsp3) is 0.300. The molecule has 0 saturated heterocycles. The number of nitrogens with one attached hydrogen (secondary N) is 1. The number of nitrogens with zero attached hydrogens (tertiary/aromatic N) is 5. The number of aromatic carboxylic acids is 1. The number of carboxylic acid groups (broad SMARTS) is 1. The van der Waals surface area contributed by atoms with Gasteiger partial charge in [-0.1, -0.05) is 0 Å². The molecule has 0 radical (unpaired) electrons. The van der Waals surface area contributed by atoms with E-state index in [-0.39, 0.29) is 11.6 Å². The monoisotopic (exact) mass is 248 g/mol. The van der Waals surface area contributed by atoms with Crippen LogP contribution in [0.3, 0.4) is 0 Å². The molecule has 2 rings (SSSR count). The highest BCUT2D eigenvalue weighted by Crippen LogP contribution is 2.01. The fourth-order valence-corrected chi connectivity index (χ4v) is 1.38. The van der Waals surface area contributed by atoms with Crippen LogP contribution in [0.1, 0.15) is 16.3 Å². The summed E-state index contributed by atoms with van der Waals surface area (Å²) in [4.78, 5) is 18.5. The summed E-state index contributed by atoms with van der Waals surface area (Å²) in [5.74, 6) is 0.0442. The Hall–Kier alpha value is -2.51. The predicted octanol–water partition coefficient (Wildman–Crippen LogP) is -0.0421. The molecular formula is C10H12N6O2. The van der Waals surface area contributed by atoms with Gasteiger partial charge in [-0.3, -0.25) is 0 Å². The minimum Gasteiger partial charge on any atom is -0.477 e. The Morgan fingerprint density at radius 1 is 1.56 bits per heavy atom. The lowest BCUT2D eigenvalue weighted by atomic mass is 10.4. The van der Waals surface area contributed by atoms with Gasteiger partial charge in [-0.2, -0.15) is 0 Å². The van der Waals surface area contributed by atoms with Gasteiger partial charge in [-0.05, 0) is 6.07 Å². The highest BCUT2D eigenvalue weighted by molar-refractivity contribution is 5.85. The molecule has 0 atom stereocenters. The summed E-state index contributed by atoms with van der Waals surface area (Å²) in [5.41, 5.74) is -0.0360. The zero-order valence-electron chi connectivity index (χ0n) is 9.74. The summed E-state index contributed by atoms with van der Waals surface area (Å²) < 4.78 is 1.82. The molecule has 0 bridgehead atoms. The summed E-state index contributed by atoms with van der Waals surface area (Å²) in [6.45, 7) is 0.551. The van der Waals surface area contributed by atoms with E-state index in [4.69, 9.17) is 5.11 Å². The van der Waals surface area contributed by atoms with Crippen LogP contribution in [0.2, 0.25) is 0 Å². The standard InChI is InChI=1S/C10H12N6O2/c1-16-6-13-15-8(16)3-5-12-10-11-4-2-7(14-10)9(17)18/h2,4,6H,3,5H2,1H3,(H,17,18)(H,11,12,14). The van der Waals surface area contributed by atoms with E-state index in [1.165, 1.54) is 12.3 Å². The van der Waals surface area contributed by atoms with Gasteiger partial charge in [-0.15, -0.1) is 10.2 Å². The van der Waals surface area contributed by atoms with Gasteiger partial charge >= 0.3 is 5.97 Å². The van der Waals surface area contributed by atoms with Gasteiger partial charge in [0.05, 0.1) is 0 Å². The zero-order chi connectivity index (χ0) is 13.0. The van der Waals surface area contributed by atoms with Crippen molar-refractivity contribution in [1.82, 2.24) is 24.7 Å². The minimum atomic E-state index is -1.08. The van der Waals surface area contributed by atoms with Crippen molar-refractivity contribution in [3.8, 4) is 0 Å². The number of anilines is 1. The Balaban J connectivity index is 1.92. The van der Waals surface area contributed by atoms with E-state index < -0.39 is 5.97 Å². The number of carbonyl (C=O) groups is 1. The molecule has 0 fully saturated rings. The Bertz CT molecular complexity index is 553. The topological polar surface area (TPSA) is 106 Å². The van der Waals surface area contributed by atoms with Crippen molar-refractivity contribution < 1.29 is 9.90 Å². The maximum absolute atomic E-state index is 10.7. The molecule has 2 aromatic heterocycles. The molecule has 0 aliphatic rings. The molecule has 0 spiro atoms. The van der Waals surface area contributed by atoms with E-state index in [1.807, 2.05) is 11.6 Å². The number of aromatic nitrogens is 5. The molecule has 8 nitrogen and oxygen atoms in total. The zero-order valence-corrected chi connectivity index (χ0v) is 9.74. The second-order valence-corrected chi connectivity index (χ2v) is 3.61. The third-order valence-corrected chi connectivity index (χ3v) is 2.31. The van der Waals surface area contributed by atoms with Gasteiger partial charge in [0.1, 0.15) is 12.2 Å². The van der Waals surface area contributed by atoms with Crippen molar-refractivity contribution in [2.45, 2.75) is 6.42 Å². The van der Waals surface area contributed by atoms with E-state index >= 15 is 0 Å². The normalized spacial score (nSPS) is 10.3. The molecule has 0 aliphatic heterocycles. The molecule has 0 aliphatic carbocycles. The van der Waals surface area contributed by atoms with Gasteiger partial charge < -0.3 is 15.0 Å². The summed E-state index contributed by atoms with van der Waals surface area (Å²) in [6, 6.07) is 1.34. The average Bonchev–Trinajstić information content (AvgIpc) is 2.76. The average molecular weight is 248 g/mol. The minimum absolute atomic E-state index is 0.0360. The number of carboxylic acids is 1. The van der Waals surface area contributed by atoms with E-state index in [9.17, 15) is 4.79 Å². The molecule has 94 valence electrons. The Morgan fingerprint density at radius 2 is 2.39 bits per heavy atom. The number of aryl methyl sites for hydroxylation is 1. The number of hydrogen-bond acceptors (Lipinski definition) is 6. The third-order valence-electron chi connectivity index (χ3n) is 2.31. The van der Waals surface area contributed by atoms with E-state index in [1.54, 1.807) is 6.33 Å². The van der Waals surface area contributed by atoms with Crippen molar-refractivity contribution in [1.29, 1.82) is 0 Å². The van der Waals surface area contributed by atoms with Gasteiger partial charge in [0, 0.05) is 26.2 Å². The van der Waals surface area contributed by atoms with Crippen LogP contribution in [0.4, 0.5) is 5.95 Å². The SMILES string of the molecule is Cn1cnnc1CCNc1nccc(C(=O)O)n1. The molecule has 2 N–H and O–H groups in total. The number of hydrogen-bond donors (Lipinski definition) is 2. The van der Waals surface area contributed by atoms with Crippen molar-refractivity contribution in [3.05, 3.63) is 30.1 Å². The largest absolute Gasteiger partial charge is 0.477 e. The lowest BCUT2D eigenvalue weighted by Gasteiger charge is -2.04. The Labute approximate surface area is 103 Å². The Morgan fingerprint density at radius 3 is 3.06 bits per heavy atom. The van der Waals surface area contributed by atoms with E-state index in [0.29, 0.717) is 13.0 Å². The molecule has 2 aromatic rings. The highest BCUT2D eigenvalue weighted by Gasteiger charge is 2.06. The highest BCUT2D eigenvalue weighted by atomic mass is 16.4. The summed E-state index contributed by atoms with van der Waals surface area (Å²) in [7, 11) is 1.86. The molecule has 0 amide bonds. The van der Waals surface area contributed by atoms with Crippen molar-refractivity contribution in [3.63, 3.8) is 0 Å². The summed E-state index contributed by atoms with van der Waals surface area (Å²) in [5, 5.41) is 19.4. The van der Waals surface area contributed by atoms with Gasteiger partial charge in [0.2, 0.25) is 5.95 Å². The molecule has 0 saturated carbocycles. The molecule has 0 aromatic carbocycles. The van der Waals surface area contributed by atoms with Crippen LogP contribution in [0.25, 0.3) is 0 Å². The van der Waals surface area contributed by atoms with Crippen LogP contribution in [0.5, 0.6) is 0 Å².